The first-order valence-electron chi connectivity index (χ1n) is 9.10. The van der Waals surface area contributed by atoms with Crippen LogP contribution in [0.5, 0.6) is 0 Å². The Balaban J connectivity index is 1.44. The minimum Gasteiger partial charge on any atom is -0.361 e. The quantitative estimate of drug-likeness (QED) is 0.477. The number of thiazole rings is 1. The van der Waals surface area contributed by atoms with Crippen molar-refractivity contribution in [1.82, 2.24) is 14.4 Å². The topological polar surface area (TPSA) is 79.3 Å². The zero-order chi connectivity index (χ0) is 19.8. The molecule has 6 nitrogen and oxygen atoms in total. The third-order valence-corrected chi connectivity index (χ3v) is 5.73. The molecule has 0 aliphatic heterocycles. The Labute approximate surface area is 169 Å². The van der Waals surface area contributed by atoms with E-state index in [0.29, 0.717) is 17.1 Å². The molecule has 0 bridgehead atoms. The lowest BCUT2D eigenvalue weighted by atomic mass is 10.1. The molecular weight excluding hydrogens is 384 g/mol. The van der Waals surface area contributed by atoms with Crippen molar-refractivity contribution < 1.29 is 4.79 Å². The molecule has 3 heterocycles. The average Bonchev–Trinajstić information content (AvgIpc) is 3.35. The summed E-state index contributed by atoms with van der Waals surface area (Å²) in [6.45, 7) is 0. The molecule has 5 aromatic rings. The largest absolute Gasteiger partial charge is 0.361 e. The minimum absolute atomic E-state index is 0.0146. The summed E-state index contributed by atoms with van der Waals surface area (Å²) in [5, 5.41) is 3.77. The van der Waals surface area contributed by atoms with Gasteiger partial charge in [0.1, 0.15) is 5.56 Å². The van der Waals surface area contributed by atoms with Gasteiger partial charge in [-0.2, -0.15) is 0 Å². The van der Waals surface area contributed by atoms with Gasteiger partial charge in [0.15, 0.2) is 4.96 Å². The van der Waals surface area contributed by atoms with Gasteiger partial charge in [0.25, 0.3) is 11.5 Å². The van der Waals surface area contributed by atoms with E-state index in [1.54, 1.807) is 12.3 Å². The monoisotopic (exact) mass is 400 g/mol. The van der Waals surface area contributed by atoms with Crippen molar-refractivity contribution in [2.45, 2.75) is 6.42 Å². The number of H-pyrrole nitrogens is 1. The molecular formula is C22H16N4O2S. The van der Waals surface area contributed by atoms with Gasteiger partial charge in [0.05, 0.1) is 0 Å². The molecule has 2 aromatic carbocycles. The van der Waals surface area contributed by atoms with Crippen LogP contribution in [-0.4, -0.2) is 20.3 Å². The van der Waals surface area contributed by atoms with E-state index in [9.17, 15) is 9.59 Å². The van der Waals surface area contributed by atoms with Crippen molar-refractivity contribution in [3.63, 3.8) is 0 Å². The van der Waals surface area contributed by atoms with Gasteiger partial charge in [-0.3, -0.25) is 14.0 Å². The zero-order valence-electron chi connectivity index (χ0n) is 15.3. The van der Waals surface area contributed by atoms with E-state index in [2.05, 4.69) is 15.3 Å². The van der Waals surface area contributed by atoms with Gasteiger partial charge in [0, 0.05) is 46.5 Å². The van der Waals surface area contributed by atoms with Crippen molar-refractivity contribution in [3.05, 3.63) is 99.5 Å². The molecule has 142 valence electrons. The number of hydrogen-bond donors (Lipinski definition) is 2. The van der Waals surface area contributed by atoms with Crippen LogP contribution < -0.4 is 10.9 Å². The fourth-order valence-corrected chi connectivity index (χ4v) is 4.27. The normalized spacial score (nSPS) is 11.2. The van der Waals surface area contributed by atoms with Gasteiger partial charge in [-0.05, 0) is 29.8 Å². The summed E-state index contributed by atoms with van der Waals surface area (Å²) >= 11 is 1.45. The molecule has 29 heavy (non-hydrogen) atoms. The zero-order valence-corrected chi connectivity index (χ0v) is 16.1. The number of aromatic nitrogens is 3. The van der Waals surface area contributed by atoms with Crippen LogP contribution >= 0.6 is 11.3 Å². The maximum absolute atomic E-state index is 12.9. The van der Waals surface area contributed by atoms with E-state index in [0.717, 1.165) is 21.3 Å². The summed E-state index contributed by atoms with van der Waals surface area (Å²) in [5.74, 6) is -0.470. The first kappa shape index (κ1) is 17.4. The van der Waals surface area contributed by atoms with Crippen molar-refractivity contribution in [2.75, 3.05) is 5.32 Å². The van der Waals surface area contributed by atoms with Crippen LogP contribution in [0, 0.1) is 0 Å². The highest BCUT2D eigenvalue weighted by Crippen LogP contribution is 2.20. The number of rotatable bonds is 4. The van der Waals surface area contributed by atoms with E-state index in [-0.39, 0.29) is 11.1 Å². The summed E-state index contributed by atoms with van der Waals surface area (Å²) in [5.41, 5.74) is 2.41. The Kier molecular flexibility index (Phi) is 4.22. The molecule has 0 aliphatic carbocycles. The fourth-order valence-electron chi connectivity index (χ4n) is 3.29. The molecule has 0 radical (unpaired) electrons. The van der Waals surface area contributed by atoms with Crippen LogP contribution in [0.15, 0.2) is 78.0 Å². The van der Waals surface area contributed by atoms with Gasteiger partial charge in [0.2, 0.25) is 0 Å². The standard InChI is InChI=1S/C22H16N4O2S/c27-20(25-16-6-7-19-15(11-16)8-9-23-19)18-12-24-22-26(21(18)28)13-17(29-22)10-14-4-2-1-3-5-14/h1-9,11-13,23H,10H2,(H,25,27). The predicted octanol–water partition coefficient (Wildman–Crippen LogP) is 4.08. The maximum atomic E-state index is 12.9. The predicted molar refractivity (Wildman–Crippen MR) is 115 cm³/mol. The van der Waals surface area contributed by atoms with Crippen molar-refractivity contribution in [3.8, 4) is 0 Å². The Hall–Kier alpha value is -3.71. The summed E-state index contributed by atoms with van der Waals surface area (Å²) in [7, 11) is 0. The smallest absolute Gasteiger partial charge is 0.271 e. The Morgan fingerprint density at radius 3 is 2.86 bits per heavy atom. The molecule has 0 unspecified atom stereocenters. The molecule has 0 aliphatic rings. The molecule has 0 spiro atoms. The highest BCUT2D eigenvalue weighted by atomic mass is 32.1. The number of carbonyl (C=O) groups is 1. The number of amides is 1. The maximum Gasteiger partial charge on any atom is 0.271 e. The fraction of sp³-hybridized carbons (Fsp3) is 0.0455. The second-order valence-corrected chi connectivity index (χ2v) is 7.82. The molecule has 5 rings (SSSR count). The number of nitrogens with one attached hydrogen (secondary N) is 2. The van der Waals surface area contributed by atoms with E-state index in [1.807, 2.05) is 54.7 Å². The summed E-state index contributed by atoms with van der Waals surface area (Å²) in [6.07, 6.45) is 5.67. The highest BCUT2D eigenvalue weighted by molar-refractivity contribution is 7.17. The third kappa shape index (κ3) is 3.32. The molecule has 3 aromatic heterocycles. The minimum atomic E-state index is -0.470. The number of benzene rings is 2. The Bertz CT molecular complexity index is 1400. The molecule has 0 saturated carbocycles. The number of hydrogen-bond acceptors (Lipinski definition) is 4. The van der Waals surface area contributed by atoms with Crippen LogP contribution in [0.1, 0.15) is 20.8 Å². The Morgan fingerprint density at radius 1 is 1.14 bits per heavy atom. The van der Waals surface area contributed by atoms with E-state index >= 15 is 0 Å². The number of nitrogens with zero attached hydrogens (tertiary/aromatic N) is 2. The van der Waals surface area contributed by atoms with E-state index in [4.69, 9.17) is 0 Å². The number of carbonyl (C=O) groups excluding carboxylic acids is 1. The Morgan fingerprint density at radius 2 is 2.00 bits per heavy atom. The molecule has 1 amide bonds. The first-order valence-corrected chi connectivity index (χ1v) is 9.91. The van der Waals surface area contributed by atoms with Crippen LogP contribution in [0.2, 0.25) is 0 Å². The van der Waals surface area contributed by atoms with Gasteiger partial charge in [-0.25, -0.2) is 4.98 Å². The van der Waals surface area contributed by atoms with Gasteiger partial charge in [-0.15, -0.1) is 11.3 Å². The second kappa shape index (κ2) is 7.03. The molecule has 7 heteroatoms. The first-order chi connectivity index (χ1) is 14.2. The molecule has 2 N–H and O–H groups in total. The van der Waals surface area contributed by atoms with Crippen molar-refractivity contribution in [2.24, 2.45) is 0 Å². The molecule has 0 fully saturated rings. The van der Waals surface area contributed by atoms with Crippen LogP contribution in [-0.2, 0) is 6.42 Å². The highest BCUT2D eigenvalue weighted by Gasteiger charge is 2.15. The lowest BCUT2D eigenvalue weighted by molar-refractivity contribution is 0.102. The summed E-state index contributed by atoms with van der Waals surface area (Å²) in [4.78, 5) is 34.6. The molecule has 0 saturated heterocycles. The SMILES string of the molecule is O=C(Nc1ccc2[nH]ccc2c1)c1cnc2sc(Cc3ccccc3)cn2c1=O. The summed E-state index contributed by atoms with van der Waals surface area (Å²) < 4.78 is 1.45. The van der Waals surface area contributed by atoms with Crippen molar-refractivity contribution in [1.29, 1.82) is 0 Å². The average molecular weight is 400 g/mol. The number of anilines is 1. The lowest BCUT2D eigenvalue weighted by Gasteiger charge is -2.05. The third-order valence-electron chi connectivity index (χ3n) is 4.73. The van der Waals surface area contributed by atoms with Crippen LogP contribution in [0.3, 0.4) is 0 Å². The van der Waals surface area contributed by atoms with E-state index < -0.39 is 5.91 Å². The van der Waals surface area contributed by atoms with Gasteiger partial charge >= 0.3 is 0 Å². The number of fused-ring (bicyclic) bond motifs is 2. The van der Waals surface area contributed by atoms with Crippen LogP contribution in [0.25, 0.3) is 15.9 Å². The second-order valence-electron chi connectivity index (χ2n) is 6.72. The summed E-state index contributed by atoms with van der Waals surface area (Å²) in [6, 6.07) is 17.5. The van der Waals surface area contributed by atoms with Crippen molar-refractivity contribution >= 4 is 38.8 Å². The molecule has 0 atom stereocenters. The van der Waals surface area contributed by atoms with Crippen LogP contribution in [0.4, 0.5) is 5.69 Å². The van der Waals surface area contributed by atoms with Gasteiger partial charge in [-0.1, -0.05) is 30.3 Å². The van der Waals surface area contributed by atoms with Gasteiger partial charge < -0.3 is 10.3 Å². The van der Waals surface area contributed by atoms with E-state index in [1.165, 1.54) is 21.9 Å². The lowest BCUT2D eigenvalue weighted by Crippen LogP contribution is -2.25. The number of aromatic amines is 1.